The number of carbonyl (C=O) groups excluding carboxylic acids is 1. The van der Waals surface area contributed by atoms with Gasteiger partial charge in [0.1, 0.15) is 6.10 Å². The van der Waals surface area contributed by atoms with Gasteiger partial charge in [0, 0.05) is 24.7 Å². The summed E-state index contributed by atoms with van der Waals surface area (Å²) in [5, 5.41) is 14.9. The predicted octanol–water partition coefficient (Wildman–Crippen LogP) is 1.12. The fourth-order valence-electron chi connectivity index (χ4n) is 2.66. The van der Waals surface area contributed by atoms with Gasteiger partial charge in [-0.1, -0.05) is 18.2 Å². The molecule has 138 valence electrons. The third kappa shape index (κ3) is 4.98. The minimum absolute atomic E-state index is 0.0686. The van der Waals surface area contributed by atoms with E-state index in [2.05, 4.69) is 20.6 Å². The maximum Gasteiger partial charge on any atom is 0.254 e. The first-order valence-electron chi connectivity index (χ1n) is 8.51. The zero-order valence-electron chi connectivity index (χ0n) is 14.3. The summed E-state index contributed by atoms with van der Waals surface area (Å²) >= 11 is 0. The van der Waals surface area contributed by atoms with E-state index in [0.717, 1.165) is 5.69 Å². The first kappa shape index (κ1) is 18.2. The number of para-hydroxylation sites is 1. The summed E-state index contributed by atoms with van der Waals surface area (Å²) in [6.07, 6.45) is 3.34. The normalized spacial score (nSPS) is 19.7. The topological polar surface area (TPSA) is 106 Å². The second kappa shape index (κ2) is 9.23. The molecule has 3 rings (SSSR count). The highest BCUT2D eigenvalue weighted by molar-refractivity contribution is 5.93. The van der Waals surface area contributed by atoms with Crippen LogP contribution in [-0.2, 0) is 9.47 Å². The smallest absolute Gasteiger partial charge is 0.254 e. The zero-order chi connectivity index (χ0) is 18.2. The van der Waals surface area contributed by atoms with Gasteiger partial charge in [-0.15, -0.1) is 0 Å². The molecular weight excluding hydrogens is 336 g/mol. The van der Waals surface area contributed by atoms with Gasteiger partial charge in [0.05, 0.1) is 31.4 Å². The lowest BCUT2D eigenvalue weighted by Gasteiger charge is -2.31. The van der Waals surface area contributed by atoms with Crippen LogP contribution in [0.15, 0.2) is 42.7 Å². The van der Waals surface area contributed by atoms with Crippen molar-refractivity contribution < 1.29 is 19.4 Å². The Bertz CT molecular complexity index is 696. The number of rotatable bonds is 7. The van der Waals surface area contributed by atoms with E-state index in [0.29, 0.717) is 31.1 Å². The number of aromatic nitrogens is 2. The molecule has 1 aromatic heterocycles. The standard InChI is InChI=1S/C18H22N4O4/c23-7-9-26-16-12-25-8-6-15(16)22-17(24)13-10-19-18(20-11-13)21-14-4-2-1-3-5-14/h1-5,10-11,15-16,23H,6-9,12H2,(H,22,24)(H,19,20,21)/t15-,16-/m1/s1. The molecule has 0 saturated carbocycles. The number of nitrogens with one attached hydrogen (secondary N) is 2. The van der Waals surface area contributed by atoms with Gasteiger partial charge in [0.15, 0.2) is 0 Å². The Morgan fingerprint density at radius 2 is 2.04 bits per heavy atom. The highest BCUT2D eigenvalue weighted by Gasteiger charge is 2.28. The summed E-state index contributed by atoms with van der Waals surface area (Å²) < 4.78 is 10.9. The van der Waals surface area contributed by atoms with E-state index >= 15 is 0 Å². The lowest BCUT2D eigenvalue weighted by Crippen LogP contribution is -2.50. The van der Waals surface area contributed by atoms with Crippen LogP contribution in [0.5, 0.6) is 0 Å². The second-order valence-electron chi connectivity index (χ2n) is 5.86. The first-order valence-corrected chi connectivity index (χ1v) is 8.51. The summed E-state index contributed by atoms with van der Waals surface area (Å²) in [5.74, 6) is 0.156. The lowest BCUT2D eigenvalue weighted by atomic mass is 10.1. The molecule has 2 aromatic rings. The van der Waals surface area contributed by atoms with E-state index in [4.69, 9.17) is 14.6 Å². The zero-order valence-corrected chi connectivity index (χ0v) is 14.3. The van der Waals surface area contributed by atoms with E-state index in [9.17, 15) is 4.79 Å². The van der Waals surface area contributed by atoms with Crippen LogP contribution in [0.4, 0.5) is 11.6 Å². The van der Waals surface area contributed by atoms with Crippen LogP contribution in [0.1, 0.15) is 16.8 Å². The number of aliphatic hydroxyl groups is 1. The van der Waals surface area contributed by atoms with Crippen LogP contribution in [0.3, 0.4) is 0 Å². The molecular formula is C18H22N4O4. The SMILES string of the molecule is O=C(N[C@@H]1CCOC[C@H]1OCCO)c1cnc(Nc2ccccc2)nc1. The third-order valence-electron chi connectivity index (χ3n) is 3.99. The molecule has 8 nitrogen and oxygen atoms in total. The van der Waals surface area contributed by atoms with E-state index in [-0.39, 0.29) is 31.3 Å². The van der Waals surface area contributed by atoms with E-state index in [1.54, 1.807) is 0 Å². The van der Waals surface area contributed by atoms with Crippen molar-refractivity contribution in [1.29, 1.82) is 0 Å². The molecule has 2 atom stereocenters. The van der Waals surface area contributed by atoms with Gasteiger partial charge in [-0.2, -0.15) is 0 Å². The van der Waals surface area contributed by atoms with Crippen molar-refractivity contribution in [3.63, 3.8) is 0 Å². The summed E-state index contributed by atoms with van der Waals surface area (Å²) in [5.41, 5.74) is 1.24. The molecule has 26 heavy (non-hydrogen) atoms. The summed E-state index contributed by atoms with van der Waals surface area (Å²) in [7, 11) is 0. The molecule has 1 fully saturated rings. The molecule has 2 heterocycles. The molecule has 3 N–H and O–H groups in total. The number of hydrogen-bond acceptors (Lipinski definition) is 7. The number of nitrogens with zero attached hydrogens (tertiary/aromatic N) is 2. The van der Waals surface area contributed by atoms with Crippen LogP contribution in [0.2, 0.25) is 0 Å². The van der Waals surface area contributed by atoms with Crippen molar-refractivity contribution in [2.75, 3.05) is 31.7 Å². The minimum atomic E-state index is -0.278. The lowest BCUT2D eigenvalue weighted by molar-refractivity contribution is -0.0737. The molecule has 0 radical (unpaired) electrons. The number of ether oxygens (including phenoxy) is 2. The Kier molecular flexibility index (Phi) is 6.48. The van der Waals surface area contributed by atoms with Crippen molar-refractivity contribution in [3.05, 3.63) is 48.3 Å². The molecule has 1 amide bonds. The van der Waals surface area contributed by atoms with Gasteiger partial charge < -0.3 is 25.2 Å². The van der Waals surface area contributed by atoms with Crippen molar-refractivity contribution in [2.24, 2.45) is 0 Å². The maximum atomic E-state index is 12.4. The van der Waals surface area contributed by atoms with Crippen molar-refractivity contribution in [2.45, 2.75) is 18.6 Å². The van der Waals surface area contributed by atoms with Crippen LogP contribution in [0.25, 0.3) is 0 Å². The number of aliphatic hydroxyl groups excluding tert-OH is 1. The molecule has 1 aliphatic rings. The Balaban J connectivity index is 1.58. The Morgan fingerprint density at radius 1 is 1.27 bits per heavy atom. The molecule has 1 aromatic carbocycles. The van der Waals surface area contributed by atoms with E-state index in [1.165, 1.54) is 12.4 Å². The highest BCUT2D eigenvalue weighted by Crippen LogP contribution is 2.14. The van der Waals surface area contributed by atoms with Gasteiger partial charge in [-0.3, -0.25) is 4.79 Å². The van der Waals surface area contributed by atoms with Crippen molar-refractivity contribution >= 4 is 17.5 Å². The maximum absolute atomic E-state index is 12.4. The second-order valence-corrected chi connectivity index (χ2v) is 5.86. The first-order chi connectivity index (χ1) is 12.8. The molecule has 0 unspecified atom stereocenters. The van der Waals surface area contributed by atoms with Crippen LogP contribution in [0, 0.1) is 0 Å². The van der Waals surface area contributed by atoms with E-state index in [1.807, 2.05) is 30.3 Å². The van der Waals surface area contributed by atoms with Gasteiger partial charge in [0.25, 0.3) is 5.91 Å². The number of benzene rings is 1. The fraction of sp³-hybridized carbons (Fsp3) is 0.389. The fourth-order valence-corrected chi connectivity index (χ4v) is 2.66. The summed E-state index contributed by atoms with van der Waals surface area (Å²) in [6.45, 7) is 1.09. The largest absolute Gasteiger partial charge is 0.394 e. The predicted molar refractivity (Wildman–Crippen MR) is 95.3 cm³/mol. The molecule has 1 saturated heterocycles. The average molecular weight is 358 g/mol. The number of hydrogen-bond donors (Lipinski definition) is 3. The molecule has 0 aliphatic carbocycles. The quantitative estimate of drug-likeness (QED) is 0.681. The molecule has 1 aliphatic heterocycles. The Labute approximate surface area is 151 Å². The Hall–Kier alpha value is -2.55. The van der Waals surface area contributed by atoms with Gasteiger partial charge in [-0.05, 0) is 18.6 Å². The van der Waals surface area contributed by atoms with Crippen molar-refractivity contribution in [3.8, 4) is 0 Å². The van der Waals surface area contributed by atoms with Gasteiger partial charge in [-0.25, -0.2) is 9.97 Å². The number of amides is 1. The van der Waals surface area contributed by atoms with Crippen LogP contribution in [-0.4, -0.2) is 59.6 Å². The number of anilines is 2. The molecule has 8 heteroatoms. The monoisotopic (exact) mass is 358 g/mol. The van der Waals surface area contributed by atoms with Gasteiger partial charge in [0.2, 0.25) is 5.95 Å². The van der Waals surface area contributed by atoms with Crippen LogP contribution >= 0.6 is 0 Å². The van der Waals surface area contributed by atoms with E-state index < -0.39 is 0 Å². The highest BCUT2D eigenvalue weighted by atomic mass is 16.5. The average Bonchev–Trinajstić information content (AvgIpc) is 2.68. The summed E-state index contributed by atoms with van der Waals surface area (Å²) in [4.78, 5) is 20.8. The van der Waals surface area contributed by atoms with Gasteiger partial charge >= 0.3 is 0 Å². The minimum Gasteiger partial charge on any atom is -0.394 e. The Morgan fingerprint density at radius 3 is 2.77 bits per heavy atom. The summed E-state index contributed by atoms with van der Waals surface area (Å²) in [6, 6.07) is 9.38. The number of carbonyl (C=O) groups is 1. The third-order valence-corrected chi connectivity index (χ3v) is 3.99. The molecule has 0 bridgehead atoms. The van der Waals surface area contributed by atoms with Crippen molar-refractivity contribution in [1.82, 2.24) is 15.3 Å². The van der Waals surface area contributed by atoms with Crippen LogP contribution < -0.4 is 10.6 Å². The molecule has 0 spiro atoms.